The van der Waals surface area contributed by atoms with Crippen molar-refractivity contribution in [2.45, 2.75) is 119 Å². The van der Waals surface area contributed by atoms with E-state index in [-0.39, 0.29) is 26.0 Å². The van der Waals surface area contributed by atoms with E-state index < -0.39 is 68.7 Å². The van der Waals surface area contributed by atoms with Gasteiger partial charge in [0.15, 0.2) is 0 Å². The Hall–Kier alpha value is -3.61. The highest BCUT2D eigenvalue weighted by Crippen LogP contribution is 2.45. The van der Waals surface area contributed by atoms with Crippen LogP contribution >= 0.6 is 0 Å². The monoisotopic (exact) mass is 672 g/mol. The lowest BCUT2D eigenvalue weighted by atomic mass is 10.0. The number of rotatable bonds is 9. The minimum Gasteiger partial charge on any atom is -0.488 e. The first kappa shape index (κ1) is 34.7. The Balaban J connectivity index is 1.41. The van der Waals surface area contributed by atoms with Gasteiger partial charge in [-0.3, -0.25) is 19.1 Å². The van der Waals surface area contributed by atoms with E-state index in [1.54, 1.807) is 0 Å². The lowest BCUT2D eigenvalue weighted by Crippen LogP contribution is -2.58. The van der Waals surface area contributed by atoms with Gasteiger partial charge in [-0.1, -0.05) is 63.3 Å². The van der Waals surface area contributed by atoms with Crippen molar-refractivity contribution in [3.8, 4) is 5.75 Å². The van der Waals surface area contributed by atoms with Crippen molar-refractivity contribution in [3.05, 3.63) is 42.5 Å². The van der Waals surface area contributed by atoms with E-state index in [4.69, 9.17) is 9.47 Å². The molecule has 5 atom stereocenters. The number of hydrogen-bond acceptors (Lipinski definition) is 8. The molecule has 2 aliphatic heterocycles. The van der Waals surface area contributed by atoms with Crippen LogP contribution in [0.2, 0.25) is 0 Å². The van der Waals surface area contributed by atoms with Crippen LogP contribution in [0.1, 0.15) is 89.5 Å². The topological polar surface area (TPSA) is 160 Å². The molecule has 4 aliphatic rings. The third kappa shape index (κ3) is 8.46. The molecular formula is C34H48N4O8S. The van der Waals surface area contributed by atoms with Gasteiger partial charge in [0.2, 0.25) is 21.8 Å². The van der Waals surface area contributed by atoms with Gasteiger partial charge in [-0.25, -0.2) is 13.2 Å². The number of alkyl carbamates (subject to hydrolysis) is 1. The van der Waals surface area contributed by atoms with Crippen LogP contribution in [0.5, 0.6) is 5.75 Å². The van der Waals surface area contributed by atoms with E-state index in [0.29, 0.717) is 31.4 Å². The van der Waals surface area contributed by atoms with Gasteiger partial charge in [-0.2, -0.15) is 0 Å². The average molecular weight is 673 g/mol. The summed E-state index contributed by atoms with van der Waals surface area (Å²) in [5, 5.41) is 4.93. The largest absolute Gasteiger partial charge is 0.488 e. The summed E-state index contributed by atoms with van der Waals surface area (Å²) in [5.41, 5.74) is -0.438. The van der Waals surface area contributed by atoms with E-state index in [9.17, 15) is 27.6 Å². The highest BCUT2D eigenvalue weighted by molar-refractivity contribution is 7.91. The van der Waals surface area contributed by atoms with Crippen LogP contribution in [0.25, 0.3) is 0 Å². The molecule has 2 heterocycles. The van der Waals surface area contributed by atoms with Crippen LogP contribution in [0.4, 0.5) is 4.79 Å². The molecule has 1 saturated heterocycles. The summed E-state index contributed by atoms with van der Waals surface area (Å²) >= 11 is 0. The maximum absolute atomic E-state index is 14.2. The van der Waals surface area contributed by atoms with Gasteiger partial charge in [0.1, 0.15) is 29.5 Å². The molecule has 0 spiro atoms. The van der Waals surface area contributed by atoms with Gasteiger partial charge >= 0.3 is 6.09 Å². The second-order valence-corrected chi connectivity index (χ2v) is 15.2. The lowest BCUT2D eigenvalue weighted by Gasteiger charge is -2.29. The Morgan fingerprint density at radius 1 is 1.13 bits per heavy atom. The highest BCUT2D eigenvalue weighted by Gasteiger charge is 2.62. The first-order valence-corrected chi connectivity index (χ1v) is 18.6. The number of carbonyl (C=O) groups is 4. The average Bonchev–Trinajstić information content (AvgIpc) is 3.97. The summed E-state index contributed by atoms with van der Waals surface area (Å²) in [4.78, 5) is 55.8. The van der Waals surface area contributed by atoms with Crippen molar-refractivity contribution in [2.24, 2.45) is 5.92 Å². The normalized spacial score (nSPS) is 28.7. The summed E-state index contributed by atoms with van der Waals surface area (Å²) in [6.07, 6.45) is 8.88. The molecule has 5 rings (SSSR count). The Kier molecular flexibility index (Phi) is 11.1. The number of cyclic esters (lactones) is 1. The molecule has 2 saturated carbocycles. The number of nitrogens with one attached hydrogen (secondary N) is 3. The van der Waals surface area contributed by atoms with Gasteiger partial charge in [0.25, 0.3) is 5.91 Å². The number of aryl methyl sites for hydroxylation is 1. The molecular weight excluding hydrogens is 624 g/mol. The summed E-state index contributed by atoms with van der Waals surface area (Å²) in [5.74, 6) is -1.61. The number of nitrogens with zero attached hydrogens (tertiary/aromatic N) is 1. The number of carbonyl (C=O) groups excluding carboxylic acids is 4. The summed E-state index contributed by atoms with van der Waals surface area (Å²) in [6.45, 7) is 6.09. The van der Waals surface area contributed by atoms with Crippen LogP contribution in [-0.2, 0) is 35.6 Å². The van der Waals surface area contributed by atoms with E-state index in [0.717, 1.165) is 50.5 Å². The first-order chi connectivity index (χ1) is 22.6. The third-order valence-electron chi connectivity index (χ3n) is 9.62. The van der Waals surface area contributed by atoms with Gasteiger partial charge in [-0.05, 0) is 56.6 Å². The van der Waals surface area contributed by atoms with Crippen molar-refractivity contribution in [3.63, 3.8) is 0 Å². The molecule has 1 aromatic carbocycles. The fourth-order valence-electron chi connectivity index (χ4n) is 6.56. The summed E-state index contributed by atoms with van der Waals surface area (Å²) in [6, 6.07) is 5.83. The number of ether oxygens (including phenoxy) is 2. The van der Waals surface area contributed by atoms with Crippen molar-refractivity contribution < 1.29 is 37.1 Å². The van der Waals surface area contributed by atoms with E-state index in [1.807, 2.05) is 31.2 Å². The number of amides is 4. The molecule has 1 unspecified atom stereocenters. The molecule has 47 heavy (non-hydrogen) atoms. The van der Waals surface area contributed by atoms with Gasteiger partial charge in [0, 0.05) is 12.3 Å². The standard InChI is InChI=1S/C34H48N4O8S/c1-3-5-15-27-31(40)38-22-25(46-29-16-11-10-14-23(29)13-9-7-6-8-12-19-45-33(42)35-27)20-28(38)30(39)36-34(21-24(34)4-2)32(41)37-47(43,44)26-17-18-26/h4,10-11,14,16,24-28H,2-3,5-9,12-13,15,17-22H2,1H3,(H,35,42)(H,36,39)(H,37,41)/t24?,25-,27+,28+,34-/m1/s1. The zero-order valence-corrected chi connectivity index (χ0v) is 28.0. The minimum absolute atomic E-state index is 0.0880. The van der Waals surface area contributed by atoms with Crippen LogP contribution in [0.15, 0.2) is 36.9 Å². The number of hydrogen-bond donors (Lipinski definition) is 3. The molecule has 258 valence electrons. The fraction of sp³-hybridized carbons (Fsp3) is 0.647. The quantitative estimate of drug-likeness (QED) is 0.336. The fourth-order valence-corrected chi connectivity index (χ4v) is 7.93. The molecule has 0 radical (unpaired) electrons. The van der Waals surface area contributed by atoms with Gasteiger partial charge in [-0.15, -0.1) is 6.58 Å². The smallest absolute Gasteiger partial charge is 0.407 e. The van der Waals surface area contributed by atoms with Crippen LogP contribution < -0.4 is 20.1 Å². The molecule has 2 aliphatic carbocycles. The molecule has 3 fully saturated rings. The lowest BCUT2D eigenvalue weighted by molar-refractivity contribution is -0.141. The SMILES string of the molecule is C=CC1C[C@]1(NC(=O)[C@@H]1C[C@@H]2CN1C(=O)[C@H](CCCC)NC(=O)OCCCCCCCc1ccccc1O2)C(=O)NS(=O)(=O)C1CC1. The number of para-hydroxylation sites is 1. The van der Waals surface area contributed by atoms with Crippen LogP contribution in [0, 0.1) is 5.92 Å². The third-order valence-corrected chi connectivity index (χ3v) is 11.4. The van der Waals surface area contributed by atoms with E-state index in [1.165, 1.54) is 11.0 Å². The van der Waals surface area contributed by atoms with Crippen molar-refractivity contribution >= 4 is 33.8 Å². The summed E-state index contributed by atoms with van der Waals surface area (Å²) in [7, 11) is -3.85. The van der Waals surface area contributed by atoms with Crippen molar-refractivity contribution in [1.82, 2.24) is 20.3 Å². The minimum atomic E-state index is -3.85. The Morgan fingerprint density at radius 2 is 1.87 bits per heavy atom. The molecule has 13 heteroatoms. The number of sulfonamides is 1. The summed E-state index contributed by atoms with van der Waals surface area (Å²) < 4.78 is 39.2. The Bertz CT molecular complexity index is 1450. The molecule has 12 nitrogen and oxygen atoms in total. The van der Waals surface area contributed by atoms with E-state index in [2.05, 4.69) is 21.9 Å². The number of benzene rings is 1. The zero-order chi connectivity index (χ0) is 33.6. The van der Waals surface area contributed by atoms with Crippen molar-refractivity contribution in [1.29, 1.82) is 0 Å². The Morgan fingerprint density at radius 3 is 2.60 bits per heavy atom. The predicted molar refractivity (Wildman–Crippen MR) is 175 cm³/mol. The predicted octanol–water partition coefficient (Wildman–Crippen LogP) is 3.50. The zero-order valence-electron chi connectivity index (χ0n) is 27.2. The van der Waals surface area contributed by atoms with Crippen LogP contribution in [0.3, 0.4) is 0 Å². The maximum Gasteiger partial charge on any atom is 0.407 e. The molecule has 2 bridgehead atoms. The number of unbranched alkanes of at least 4 members (excludes halogenated alkanes) is 1. The first-order valence-electron chi connectivity index (χ1n) is 17.1. The van der Waals surface area contributed by atoms with Gasteiger partial charge in [0.05, 0.1) is 18.4 Å². The Labute approximate surface area is 277 Å². The maximum atomic E-state index is 14.2. The second-order valence-electron chi connectivity index (χ2n) is 13.3. The molecule has 1 aromatic rings. The number of fused-ring (bicyclic) bond motifs is 3. The second kappa shape index (κ2) is 15.1. The highest BCUT2D eigenvalue weighted by atomic mass is 32.2. The molecule has 3 N–H and O–H groups in total. The van der Waals surface area contributed by atoms with Gasteiger partial charge < -0.3 is 25.0 Å². The van der Waals surface area contributed by atoms with E-state index >= 15 is 0 Å². The molecule has 0 aromatic heterocycles. The molecule has 4 amide bonds. The van der Waals surface area contributed by atoms with Crippen LogP contribution in [-0.4, -0.2) is 79.3 Å². The van der Waals surface area contributed by atoms with Crippen molar-refractivity contribution in [2.75, 3.05) is 13.2 Å².